The first-order valence-corrected chi connectivity index (χ1v) is 5.99. The van der Waals surface area contributed by atoms with E-state index in [2.05, 4.69) is 6.92 Å². The van der Waals surface area contributed by atoms with Crippen molar-refractivity contribution in [3.05, 3.63) is 0 Å². The van der Waals surface area contributed by atoms with E-state index in [0.29, 0.717) is 6.42 Å². The smallest absolute Gasteiger partial charge is 0.303 e. The summed E-state index contributed by atoms with van der Waals surface area (Å²) >= 11 is 0. The number of carboxylic acids is 1. The Morgan fingerprint density at radius 1 is 0.867 bits per heavy atom. The molecule has 2 nitrogen and oxygen atoms in total. The summed E-state index contributed by atoms with van der Waals surface area (Å²) in [7, 11) is 0. The Morgan fingerprint density at radius 2 is 1.27 bits per heavy atom. The van der Waals surface area contributed by atoms with Crippen LogP contribution in [-0.2, 0) is 21.3 Å². The second-order valence-corrected chi connectivity index (χ2v) is 3.97. The molecule has 0 saturated heterocycles. The molecule has 0 heterocycles. The van der Waals surface area contributed by atoms with Gasteiger partial charge in [-0.15, -0.1) is 0 Å². The average Bonchev–Trinajstić information content (AvgIpc) is 2.15. The molecule has 15 heavy (non-hydrogen) atoms. The summed E-state index contributed by atoms with van der Waals surface area (Å²) < 4.78 is 0. The van der Waals surface area contributed by atoms with Crippen molar-refractivity contribution < 1.29 is 26.4 Å². The van der Waals surface area contributed by atoms with E-state index in [0.717, 1.165) is 12.8 Å². The van der Waals surface area contributed by atoms with E-state index in [1.54, 1.807) is 0 Å². The van der Waals surface area contributed by atoms with E-state index >= 15 is 0 Å². The number of hydrogen-bond donors (Lipinski definition) is 1. The third-order valence-corrected chi connectivity index (χ3v) is 2.49. The molecule has 0 aromatic carbocycles. The number of hydrogen-bond acceptors (Lipinski definition) is 1. The van der Waals surface area contributed by atoms with Gasteiger partial charge in [-0.2, -0.15) is 0 Å². The summed E-state index contributed by atoms with van der Waals surface area (Å²) in [6, 6.07) is 0. The number of carbonyl (C=O) groups is 1. The van der Waals surface area contributed by atoms with E-state index in [4.69, 9.17) is 5.11 Å². The summed E-state index contributed by atoms with van der Waals surface area (Å²) in [5, 5.41) is 8.41. The van der Waals surface area contributed by atoms with Gasteiger partial charge in [-0.3, -0.25) is 4.79 Å². The van der Waals surface area contributed by atoms with Gasteiger partial charge in [0.2, 0.25) is 0 Å². The Bertz CT molecular complexity index is 138. The maximum absolute atomic E-state index is 10.2. The maximum Gasteiger partial charge on any atom is 0.303 e. The molecule has 0 atom stereocenters. The molecule has 0 radical (unpaired) electrons. The number of aliphatic carboxylic acids is 1. The Balaban J connectivity index is 0. The second kappa shape index (κ2) is 14.0. The molecule has 0 spiro atoms. The minimum atomic E-state index is -0.659. The quantitative estimate of drug-likeness (QED) is 0.475. The molecule has 1 N–H and O–H groups in total. The van der Waals surface area contributed by atoms with E-state index in [-0.39, 0.29) is 16.5 Å². The molecule has 0 saturated carbocycles. The summed E-state index contributed by atoms with van der Waals surface area (Å²) in [5.74, 6) is -0.659. The van der Waals surface area contributed by atoms with Crippen LogP contribution in [-0.4, -0.2) is 11.1 Å². The van der Waals surface area contributed by atoms with Crippen LogP contribution in [0.1, 0.15) is 71.1 Å². The summed E-state index contributed by atoms with van der Waals surface area (Å²) in [4.78, 5) is 10.2. The molecule has 0 aliphatic rings. The third kappa shape index (κ3) is 16.6. The third-order valence-electron chi connectivity index (χ3n) is 2.49. The largest absolute Gasteiger partial charge is 0.481 e. The zero-order valence-corrected chi connectivity index (χ0v) is 10.7. The van der Waals surface area contributed by atoms with Crippen molar-refractivity contribution in [1.82, 2.24) is 0 Å². The van der Waals surface area contributed by atoms with Crippen LogP contribution in [0.2, 0.25) is 0 Å². The maximum atomic E-state index is 10.2. The first kappa shape index (κ1) is 17.4. The van der Waals surface area contributed by atoms with Gasteiger partial charge in [-0.1, -0.05) is 58.3 Å². The van der Waals surface area contributed by atoms with E-state index in [9.17, 15) is 4.79 Å². The minimum absolute atomic E-state index is 0. The molecule has 94 valence electrons. The summed E-state index contributed by atoms with van der Waals surface area (Å²) in [6.45, 7) is 2.23. The molecule has 0 aromatic rings. The zero-order valence-electron chi connectivity index (χ0n) is 9.74. The standard InChI is InChI=1S/C12H24O2.Ni/c1-2-3-4-5-6-7-8-9-10-11-12(13)14;/h2-11H2,1H3,(H,13,14);. The van der Waals surface area contributed by atoms with Gasteiger partial charge in [0.15, 0.2) is 0 Å². The molecule has 0 aliphatic carbocycles. The number of unbranched alkanes of at least 4 members (excludes halogenated alkanes) is 8. The van der Waals surface area contributed by atoms with Crippen LogP contribution in [0.4, 0.5) is 0 Å². The van der Waals surface area contributed by atoms with Crippen molar-refractivity contribution in [3.8, 4) is 0 Å². The summed E-state index contributed by atoms with van der Waals surface area (Å²) in [5.41, 5.74) is 0. The molecule has 0 amide bonds. The first-order valence-electron chi connectivity index (χ1n) is 5.99. The van der Waals surface area contributed by atoms with Gasteiger partial charge in [0.1, 0.15) is 0 Å². The number of carboxylic acid groups (broad SMARTS) is 1. The van der Waals surface area contributed by atoms with Crippen LogP contribution in [0.25, 0.3) is 0 Å². The van der Waals surface area contributed by atoms with Crippen LogP contribution in [0.5, 0.6) is 0 Å². The van der Waals surface area contributed by atoms with Crippen molar-refractivity contribution in [2.75, 3.05) is 0 Å². The molecular formula is C12H24NiO2. The van der Waals surface area contributed by atoms with Crippen molar-refractivity contribution in [1.29, 1.82) is 0 Å². The normalized spacial score (nSPS) is 9.67. The molecule has 0 aromatic heterocycles. The van der Waals surface area contributed by atoms with Gasteiger partial charge in [-0.05, 0) is 6.42 Å². The topological polar surface area (TPSA) is 37.3 Å². The number of rotatable bonds is 10. The Kier molecular flexibility index (Phi) is 16.2. The van der Waals surface area contributed by atoms with Gasteiger partial charge >= 0.3 is 5.97 Å². The van der Waals surface area contributed by atoms with Crippen molar-refractivity contribution in [2.45, 2.75) is 71.1 Å². The van der Waals surface area contributed by atoms with Crippen molar-refractivity contribution >= 4 is 5.97 Å². The Labute approximate surface area is 104 Å². The molecule has 0 fully saturated rings. The summed E-state index contributed by atoms with van der Waals surface area (Å²) in [6.07, 6.45) is 11.5. The van der Waals surface area contributed by atoms with E-state index < -0.39 is 5.97 Å². The van der Waals surface area contributed by atoms with Gasteiger partial charge in [0.05, 0.1) is 0 Å². The molecular weight excluding hydrogens is 235 g/mol. The molecule has 3 heteroatoms. The fourth-order valence-corrected chi connectivity index (χ4v) is 1.59. The molecule has 0 unspecified atom stereocenters. The van der Waals surface area contributed by atoms with Crippen molar-refractivity contribution in [2.24, 2.45) is 0 Å². The minimum Gasteiger partial charge on any atom is -0.481 e. The Hall–Kier alpha value is -0.0365. The zero-order chi connectivity index (χ0) is 10.6. The van der Waals surface area contributed by atoms with Crippen LogP contribution in [0, 0.1) is 0 Å². The van der Waals surface area contributed by atoms with Gasteiger partial charge < -0.3 is 5.11 Å². The van der Waals surface area contributed by atoms with Crippen molar-refractivity contribution in [3.63, 3.8) is 0 Å². The fraction of sp³-hybridized carbons (Fsp3) is 0.917. The van der Waals surface area contributed by atoms with Gasteiger partial charge in [-0.25, -0.2) is 0 Å². The Morgan fingerprint density at radius 3 is 1.67 bits per heavy atom. The SMILES string of the molecule is CCCCCCCCCCCC(=O)O.[Ni]. The predicted molar refractivity (Wildman–Crippen MR) is 59.5 cm³/mol. The second-order valence-electron chi connectivity index (χ2n) is 3.97. The fourth-order valence-electron chi connectivity index (χ4n) is 1.59. The van der Waals surface area contributed by atoms with E-state index in [1.807, 2.05) is 0 Å². The first-order chi connectivity index (χ1) is 6.77. The van der Waals surface area contributed by atoms with Gasteiger partial charge in [0.25, 0.3) is 0 Å². The molecule has 0 aliphatic heterocycles. The van der Waals surface area contributed by atoms with Crippen LogP contribution in [0.15, 0.2) is 0 Å². The predicted octanol–water partition coefficient (Wildman–Crippen LogP) is 3.99. The molecule has 0 rings (SSSR count). The molecule has 0 bridgehead atoms. The van der Waals surface area contributed by atoms with Gasteiger partial charge in [0, 0.05) is 22.9 Å². The van der Waals surface area contributed by atoms with E-state index in [1.165, 1.54) is 44.9 Å². The monoisotopic (exact) mass is 258 g/mol. The average molecular weight is 259 g/mol. The van der Waals surface area contributed by atoms with Crippen LogP contribution >= 0.6 is 0 Å². The van der Waals surface area contributed by atoms with Crippen LogP contribution < -0.4 is 0 Å². The van der Waals surface area contributed by atoms with Crippen LogP contribution in [0.3, 0.4) is 0 Å².